The summed E-state index contributed by atoms with van der Waals surface area (Å²) in [6, 6.07) is 0. The molecule has 76 valence electrons. The first kappa shape index (κ1) is 10.5. The molecule has 0 aliphatic carbocycles. The van der Waals surface area contributed by atoms with Crippen molar-refractivity contribution in [2.45, 2.75) is 20.4 Å². The molecule has 0 atom stereocenters. The van der Waals surface area contributed by atoms with Gasteiger partial charge in [0.1, 0.15) is 11.4 Å². The largest absolute Gasteiger partial charge is 0.478 e. The van der Waals surface area contributed by atoms with Crippen molar-refractivity contribution in [1.82, 2.24) is 4.98 Å². The number of anilines is 1. The standard InChI is InChI=1S/C9H13N3O2/c1-4-6(3-10)5(2)12-8(11)7(4)9(13)14/h3,10H2,1-2H3,(H2,11,12)(H,13,14). The van der Waals surface area contributed by atoms with Gasteiger partial charge < -0.3 is 16.6 Å². The molecule has 0 aliphatic rings. The summed E-state index contributed by atoms with van der Waals surface area (Å²) in [6.07, 6.45) is 0. The van der Waals surface area contributed by atoms with Crippen LogP contribution in [0.5, 0.6) is 0 Å². The van der Waals surface area contributed by atoms with Crippen LogP contribution in [0, 0.1) is 13.8 Å². The third kappa shape index (κ3) is 1.54. The summed E-state index contributed by atoms with van der Waals surface area (Å²) in [5.74, 6) is -1.02. The molecule has 1 heterocycles. The number of nitrogen functional groups attached to an aromatic ring is 1. The second kappa shape index (κ2) is 3.63. The van der Waals surface area contributed by atoms with Crippen LogP contribution in [0.15, 0.2) is 0 Å². The highest BCUT2D eigenvalue weighted by molar-refractivity contribution is 5.94. The first-order valence-corrected chi connectivity index (χ1v) is 4.18. The third-order valence-electron chi connectivity index (χ3n) is 2.23. The lowest BCUT2D eigenvalue weighted by Gasteiger charge is -2.11. The fourth-order valence-electron chi connectivity index (χ4n) is 1.49. The zero-order valence-corrected chi connectivity index (χ0v) is 8.16. The van der Waals surface area contributed by atoms with E-state index in [1.807, 2.05) is 0 Å². The van der Waals surface area contributed by atoms with Gasteiger partial charge in [-0.05, 0) is 25.0 Å². The number of pyridine rings is 1. The van der Waals surface area contributed by atoms with Crippen molar-refractivity contribution in [3.63, 3.8) is 0 Å². The van der Waals surface area contributed by atoms with Crippen molar-refractivity contribution >= 4 is 11.8 Å². The van der Waals surface area contributed by atoms with Gasteiger partial charge in [-0.2, -0.15) is 0 Å². The normalized spacial score (nSPS) is 10.2. The summed E-state index contributed by atoms with van der Waals surface area (Å²) in [5.41, 5.74) is 13.1. The van der Waals surface area contributed by atoms with Gasteiger partial charge in [-0.3, -0.25) is 0 Å². The summed E-state index contributed by atoms with van der Waals surface area (Å²) >= 11 is 0. The van der Waals surface area contributed by atoms with Gasteiger partial charge >= 0.3 is 5.97 Å². The fraction of sp³-hybridized carbons (Fsp3) is 0.333. The molecule has 14 heavy (non-hydrogen) atoms. The monoisotopic (exact) mass is 195 g/mol. The number of aromatic nitrogens is 1. The van der Waals surface area contributed by atoms with E-state index in [0.29, 0.717) is 11.3 Å². The van der Waals surface area contributed by atoms with Gasteiger partial charge in [0.25, 0.3) is 0 Å². The predicted octanol–water partition coefficient (Wildman–Crippen LogP) is 0.438. The lowest BCUT2D eigenvalue weighted by Crippen LogP contribution is -2.13. The van der Waals surface area contributed by atoms with Gasteiger partial charge in [-0.25, -0.2) is 9.78 Å². The summed E-state index contributed by atoms with van der Waals surface area (Å²) in [6.45, 7) is 3.72. The summed E-state index contributed by atoms with van der Waals surface area (Å²) in [5, 5.41) is 8.90. The third-order valence-corrected chi connectivity index (χ3v) is 2.23. The van der Waals surface area contributed by atoms with Crippen molar-refractivity contribution in [1.29, 1.82) is 0 Å². The lowest BCUT2D eigenvalue weighted by molar-refractivity contribution is 0.0697. The maximum absolute atomic E-state index is 10.9. The van der Waals surface area contributed by atoms with Crippen molar-refractivity contribution < 1.29 is 9.90 Å². The zero-order valence-electron chi connectivity index (χ0n) is 8.16. The molecule has 1 aromatic rings. The minimum Gasteiger partial charge on any atom is -0.478 e. The van der Waals surface area contributed by atoms with Crippen LogP contribution < -0.4 is 11.5 Å². The van der Waals surface area contributed by atoms with Crippen LogP contribution in [-0.2, 0) is 6.54 Å². The van der Waals surface area contributed by atoms with E-state index in [9.17, 15) is 4.79 Å². The maximum Gasteiger partial charge on any atom is 0.339 e. The first-order valence-electron chi connectivity index (χ1n) is 4.18. The molecule has 5 N–H and O–H groups in total. The van der Waals surface area contributed by atoms with Crippen LogP contribution in [0.25, 0.3) is 0 Å². The molecule has 0 unspecified atom stereocenters. The van der Waals surface area contributed by atoms with Gasteiger partial charge in [0, 0.05) is 12.2 Å². The predicted molar refractivity (Wildman–Crippen MR) is 53.0 cm³/mol. The second-order valence-electron chi connectivity index (χ2n) is 3.07. The molecule has 0 aliphatic heterocycles. The highest BCUT2D eigenvalue weighted by Gasteiger charge is 2.17. The molecule has 0 radical (unpaired) electrons. The number of nitrogens with zero attached hydrogens (tertiary/aromatic N) is 1. The molecule has 0 aromatic carbocycles. The Morgan fingerprint density at radius 3 is 2.50 bits per heavy atom. The molecule has 5 heteroatoms. The number of carboxylic acid groups (broad SMARTS) is 1. The molecular weight excluding hydrogens is 182 g/mol. The Labute approximate surface area is 81.7 Å². The van der Waals surface area contributed by atoms with E-state index in [1.165, 1.54) is 0 Å². The smallest absolute Gasteiger partial charge is 0.339 e. The van der Waals surface area contributed by atoms with E-state index in [-0.39, 0.29) is 17.9 Å². The number of nitrogens with two attached hydrogens (primary N) is 2. The van der Waals surface area contributed by atoms with Crippen LogP contribution in [-0.4, -0.2) is 16.1 Å². The Bertz CT molecular complexity index is 388. The van der Waals surface area contributed by atoms with Gasteiger partial charge in [0.05, 0.1) is 0 Å². The zero-order chi connectivity index (χ0) is 10.9. The van der Waals surface area contributed by atoms with Crippen LogP contribution >= 0.6 is 0 Å². The Morgan fingerprint density at radius 1 is 1.50 bits per heavy atom. The number of hydrogen-bond donors (Lipinski definition) is 3. The quantitative estimate of drug-likeness (QED) is 0.635. The lowest BCUT2D eigenvalue weighted by atomic mass is 10.0. The average molecular weight is 195 g/mol. The molecule has 0 saturated heterocycles. The van der Waals surface area contributed by atoms with E-state index in [1.54, 1.807) is 13.8 Å². The van der Waals surface area contributed by atoms with Crippen LogP contribution in [0.4, 0.5) is 5.82 Å². The number of carbonyl (C=O) groups is 1. The first-order chi connectivity index (χ1) is 6.49. The molecule has 0 spiro atoms. The molecule has 1 rings (SSSR count). The number of carboxylic acids is 1. The Balaban J connectivity index is 3.52. The van der Waals surface area contributed by atoms with Crippen molar-refractivity contribution in [3.05, 3.63) is 22.4 Å². The van der Waals surface area contributed by atoms with Gasteiger partial charge in [-0.1, -0.05) is 0 Å². The van der Waals surface area contributed by atoms with Gasteiger partial charge in [0.2, 0.25) is 0 Å². The van der Waals surface area contributed by atoms with Crippen LogP contribution in [0.1, 0.15) is 27.2 Å². The molecular formula is C9H13N3O2. The second-order valence-corrected chi connectivity index (χ2v) is 3.07. The van der Waals surface area contributed by atoms with Crippen molar-refractivity contribution in [2.24, 2.45) is 5.73 Å². The summed E-state index contributed by atoms with van der Waals surface area (Å²) < 4.78 is 0. The number of aryl methyl sites for hydroxylation is 1. The van der Waals surface area contributed by atoms with E-state index in [2.05, 4.69) is 4.98 Å². The minimum atomic E-state index is -1.07. The molecule has 1 aromatic heterocycles. The van der Waals surface area contributed by atoms with Crippen LogP contribution in [0.2, 0.25) is 0 Å². The summed E-state index contributed by atoms with van der Waals surface area (Å²) in [4.78, 5) is 14.8. The minimum absolute atomic E-state index is 0.0460. The van der Waals surface area contributed by atoms with Gasteiger partial charge in [0.15, 0.2) is 0 Å². The van der Waals surface area contributed by atoms with E-state index in [4.69, 9.17) is 16.6 Å². The summed E-state index contributed by atoms with van der Waals surface area (Å²) in [7, 11) is 0. The highest BCUT2D eigenvalue weighted by Crippen LogP contribution is 2.20. The van der Waals surface area contributed by atoms with E-state index < -0.39 is 5.97 Å². The maximum atomic E-state index is 10.9. The Morgan fingerprint density at radius 2 is 2.07 bits per heavy atom. The fourth-order valence-corrected chi connectivity index (χ4v) is 1.49. The van der Waals surface area contributed by atoms with Crippen molar-refractivity contribution in [2.75, 3.05) is 5.73 Å². The molecule has 0 fully saturated rings. The Hall–Kier alpha value is -1.62. The molecule has 0 saturated carbocycles. The molecule has 0 bridgehead atoms. The highest BCUT2D eigenvalue weighted by atomic mass is 16.4. The SMILES string of the molecule is Cc1nc(N)c(C(=O)O)c(C)c1CN. The van der Waals surface area contributed by atoms with Gasteiger partial charge in [-0.15, -0.1) is 0 Å². The Kier molecular flexibility index (Phi) is 2.71. The topological polar surface area (TPSA) is 102 Å². The average Bonchev–Trinajstić information content (AvgIpc) is 2.02. The molecule has 0 amide bonds. The number of hydrogen-bond acceptors (Lipinski definition) is 4. The van der Waals surface area contributed by atoms with Crippen molar-refractivity contribution in [3.8, 4) is 0 Å². The number of aromatic carboxylic acids is 1. The van der Waals surface area contributed by atoms with Crippen LogP contribution in [0.3, 0.4) is 0 Å². The molecule has 5 nitrogen and oxygen atoms in total. The van der Waals surface area contributed by atoms with E-state index in [0.717, 1.165) is 5.56 Å². The number of rotatable bonds is 2. The van der Waals surface area contributed by atoms with E-state index >= 15 is 0 Å².